The number of hydrogen-bond acceptors (Lipinski definition) is 4. The normalized spacial score (nSPS) is 17.5. The molecule has 1 aliphatic heterocycles. The second kappa shape index (κ2) is 6.91. The number of likely N-dealkylation sites (tertiary alicyclic amines) is 1. The molecule has 1 unspecified atom stereocenters. The summed E-state index contributed by atoms with van der Waals surface area (Å²) in [6.07, 6.45) is 2.66. The molecule has 24 heavy (non-hydrogen) atoms. The zero-order chi connectivity index (χ0) is 17.0. The fourth-order valence-corrected chi connectivity index (χ4v) is 3.85. The molecule has 3 rings (SSSR count). The Hall–Kier alpha value is -2.56. The van der Waals surface area contributed by atoms with E-state index in [1.807, 2.05) is 48.7 Å². The van der Waals surface area contributed by atoms with Gasteiger partial charge in [0.15, 0.2) is 6.19 Å². The van der Waals surface area contributed by atoms with Crippen molar-refractivity contribution in [2.24, 2.45) is 0 Å². The molecule has 1 heterocycles. The Bertz CT molecular complexity index is 829. The van der Waals surface area contributed by atoms with Crippen LogP contribution in [0.5, 0.6) is 0 Å². The molecule has 2 aromatic rings. The molecule has 1 fully saturated rings. The standard InChI is InChI=1S/C17H18N4O2S/c18-13-21-11-10-17(12-21)20-24(22,23)19-16-8-6-15(7-9-16)14-4-2-1-3-5-14/h1-9,17,19-20H,10-12H2. The molecule has 0 amide bonds. The molecule has 0 aromatic heterocycles. The van der Waals surface area contributed by atoms with Crippen LogP contribution >= 0.6 is 0 Å². The summed E-state index contributed by atoms with van der Waals surface area (Å²) in [7, 11) is -3.66. The minimum absolute atomic E-state index is 0.245. The van der Waals surface area contributed by atoms with Gasteiger partial charge in [-0.2, -0.15) is 18.4 Å². The SMILES string of the molecule is N#CN1CCC(NS(=O)(=O)Nc2ccc(-c3ccccc3)cc2)C1. The topological polar surface area (TPSA) is 85.2 Å². The van der Waals surface area contributed by atoms with Crippen molar-refractivity contribution >= 4 is 15.9 Å². The molecule has 124 valence electrons. The highest BCUT2D eigenvalue weighted by Gasteiger charge is 2.25. The van der Waals surface area contributed by atoms with Crippen molar-refractivity contribution in [1.82, 2.24) is 9.62 Å². The zero-order valence-electron chi connectivity index (χ0n) is 13.0. The van der Waals surface area contributed by atoms with Crippen LogP contribution in [0.2, 0.25) is 0 Å². The summed E-state index contributed by atoms with van der Waals surface area (Å²) >= 11 is 0. The summed E-state index contributed by atoms with van der Waals surface area (Å²) in [6.45, 7) is 0.986. The first-order valence-electron chi connectivity index (χ1n) is 7.66. The molecule has 6 nitrogen and oxygen atoms in total. The van der Waals surface area contributed by atoms with Crippen LogP contribution in [-0.4, -0.2) is 32.4 Å². The summed E-state index contributed by atoms with van der Waals surface area (Å²) in [6, 6.07) is 16.9. The second-order valence-corrected chi connectivity index (χ2v) is 7.15. The number of nitrogens with one attached hydrogen (secondary N) is 2. The third kappa shape index (κ3) is 4.04. The van der Waals surface area contributed by atoms with Crippen molar-refractivity contribution < 1.29 is 8.42 Å². The van der Waals surface area contributed by atoms with Crippen LogP contribution in [0.1, 0.15) is 6.42 Å². The smallest absolute Gasteiger partial charge is 0.299 e. The molecular formula is C17H18N4O2S. The summed E-state index contributed by atoms with van der Waals surface area (Å²) in [5, 5.41) is 8.82. The third-order valence-electron chi connectivity index (χ3n) is 3.90. The van der Waals surface area contributed by atoms with Crippen LogP contribution in [0.3, 0.4) is 0 Å². The minimum atomic E-state index is -3.66. The van der Waals surface area contributed by atoms with Gasteiger partial charge in [-0.15, -0.1) is 0 Å². The summed E-state index contributed by atoms with van der Waals surface area (Å²) in [5.41, 5.74) is 2.59. The summed E-state index contributed by atoms with van der Waals surface area (Å²) in [4.78, 5) is 1.54. The van der Waals surface area contributed by atoms with Gasteiger partial charge in [-0.1, -0.05) is 42.5 Å². The molecule has 1 atom stereocenters. The fraction of sp³-hybridized carbons (Fsp3) is 0.235. The van der Waals surface area contributed by atoms with Crippen molar-refractivity contribution in [2.45, 2.75) is 12.5 Å². The number of anilines is 1. The molecule has 0 bridgehead atoms. The van der Waals surface area contributed by atoms with Crippen LogP contribution in [0.25, 0.3) is 11.1 Å². The van der Waals surface area contributed by atoms with Crippen molar-refractivity contribution in [3.63, 3.8) is 0 Å². The average Bonchev–Trinajstić information content (AvgIpc) is 3.03. The highest BCUT2D eigenvalue weighted by molar-refractivity contribution is 7.90. The van der Waals surface area contributed by atoms with Crippen molar-refractivity contribution in [1.29, 1.82) is 5.26 Å². The highest BCUT2D eigenvalue weighted by Crippen LogP contribution is 2.21. The van der Waals surface area contributed by atoms with E-state index in [1.54, 1.807) is 17.0 Å². The lowest BCUT2D eigenvalue weighted by molar-refractivity contribution is 0.471. The predicted molar refractivity (Wildman–Crippen MR) is 93.1 cm³/mol. The maximum Gasteiger partial charge on any atom is 0.299 e. The molecule has 2 N–H and O–H groups in total. The van der Waals surface area contributed by atoms with Gasteiger partial charge in [0.2, 0.25) is 0 Å². The van der Waals surface area contributed by atoms with Gasteiger partial charge in [0.05, 0.1) is 0 Å². The van der Waals surface area contributed by atoms with Gasteiger partial charge >= 0.3 is 0 Å². The van der Waals surface area contributed by atoms with E-state index < -0.39 is 10.2 Å². The summed E-state index contributed by atoms with van der Waals surface area (Å²) in [5.74, 6) is 0. The van der Waals surface area contributed by atoms with E-state index in [2.05, 4.69) is 9.44 Å². The maximum absolute atomic E-state index is 12.2. The van der Waals surface area contributed by atoms with E-state index in [4.69, 9.17) is 5.26 Å². The Labute approximate surface area is 141 Å². The van der Waals surface area contributed by atoms with Gasteiger partial charge in [-0.05, 0) is 29.7 Å². The van der Waals surface area contributed by atoms with Crippen LogP contribution in [-0.2, 0) is 10.2 Å². The number of nitriles is 1. The Kier molecular flexibility index (Phi) is 4.69. The number of benzene rings is 2. The molecule has 1 aliphatic rings. The number of nitrogens with zero attached hydrogens (tertiary/aromatic N) is 2. The van der Waals surface area contributed by atoms with Crippen molar-refractivity contribution in [2.75, 3.05) is 17.8 Å². The molecule has 1 saturated heterocycles. The molecular weight excluding hydrogens is 324 g/mol. The van der Waals surface area contributed by atoms with Crippen molar-refractivity contribution in [3.8, 4) is 17.3 Å². The van der Waals surface area contributed by atoms with Crippen LogP contribution in [0, 0.1) is 11.5 Å². The van der Waals surface area contributed by atoms with Gasteiger partial charge < -0.3 is 4.90 Å². The first-order valence-corrected chi connectivity index (χ1v) is 9.14. The second-order valence-electron chi connectivity index (χ2n) is 5.70. The largest absolute Gasteiger partial charge is 0.309 e. The Morgan fingerprint density at radius 1 is 1.04 bits per heavy atom. The Balaban J connectivity index is 1.64. The molecule has 0 saturated carbocycles. The number of hydrogen-bond donors (Lipinski definition) is 2. The molecule has 0 spiro atoms. The molecule has 7 heteroatoms. The molecule has 0 radical (unpaired) electrons. The van der Waals surface area contributed by atoms with E-state index in [1.165, 1.54) is 0 Å². The molecule has 0 aliphatic carbocycles. The van der Waals surface area contributed by atoms with Crippen molar-refractivity contribution in [3.05, 3.63) is 54.6 Å². The fourth-order valence-electron chi connectivity index (χ4n) is 2.71. The average molecular weight is 342 g/mol. The Morgan fingerprint density at radius 3 is 2.33 bits per heavy atom. The first-order chi connectivity index (χ1) is 11.6. The van der Waals surface area contributed by atoms with Crippen LogP contribution in [0.4, 0.5) is 5.69 Å². The van der Waals surface area contributed by atoms with Gasteiger partial charge in [0.1, 0.15) is 0 Å². The lowest BCUT2D eigenvalue weighted by atomic mass is 10.1. The minimum Gasteiger partial charge on any atom is -0.309 e. The third-order valence-corrected chi connectivity index (χ3v) is 5.04. The maximum atomic E-state index is 12.2. The lowest BCUT2D eigenvalue weighted by Gasteiger charge is -2.14. The monoisotopic (exact) mass is 342 g/mol. The Morgan fingerprint density at radius 2 is 1.71 bits per heavy atom. The molecule has 2 aromatic carbocycles. The quantitative estimate of drug-likeness (QED) is 0.816. The number of rotatable bonds is 5. The summed E-state index contributed by atoms with van der Waals surface area (Å²) < 4.78 is 29.5. The van der Waals surface area contributed by atoms with Gasteiger partial charge in [-0.3, -0.25) is 4.72 Å². The highest BCUT2D eigenvalue weighted by atomic mass is 32.2. The van der Waals surface area contributed by atoms with E-state index in [-0.39, 0.29) is 6.04 Å². The predicted octanol–water partition coefficient (Wildman–Crippen LogP) is 2.16. The van der Waals surface area contributed by atoms with Crippen LogP contribution < -0.4 is 9.44 Å². The van der Waals surface area contributed by atoms with Gasteiger partial charge in [0.25, 0.3) is 10.2 Å². The van der Waals surface area contributed by atoms with E-state index in [9.17, 15) is 8.42 Å². The van der Waals surface area contributed by atoms with Gasteiger partial charge in [0, 0.05) is 24.8 Å². The van der Waals surface area contributed by atoms with Gasteiger partial charge in [-0.25, -0.2) is 0 Å². The van der Waals surface area contributed by atoms with E-state index in [0.717, 1.165) is 11.1 Å². The van der Waals surface area contributed by atoms with Crippen LogP contribution in [0.15, 0.2) is 54.6 Å². The van der Waals surface area contributed by atoms with E-state index >= 15 is 0 Å². The first kappa shape index (κ1) is 16.3. The van der Waals surface area contributed by atoms with E-state index in [0.29, 0.717) is 25.2 Å². The zero-order valence-corrected chi connectivity index (χ0v) is 13.8. The lowest BCUT2D eigenvalue weighted by Crippen LogP contribution is -2.39.